The van der Waals surface area contributed by atoms with Crippen LogP contribution in [-0.4, -0.2) is 43.3 Å². The third-order valence-electron chi connectivity index (χ3n) is 6.61. The van der Waals surface area contributed by atoms with Crippen molar-refractivity contribution in [2.24, 2.45) is 0 Å². The molecule has 8 heteroatoms. The van der Waals surface area contributed by atoms with Crippen molar-refractivity contribution in [1.29, 1.82) is 0 Å². The van der Waals surface area contributed by atoms with Gasteiger partial charge in [-0.25, -0.2) is 8.42 Å². The summed E-state index contributed by atoms with van der Waals surface area (Å²) in [4.78, 5) is 28.8. The van der Waals surface area contributed by atoms with E-state index in [0.717, 1.165) is 32.1 Å². The SMILES string of the molecule is Cc1ccc(S(=O)(=O)N(CC(=O)N(Cc2cccc(C)c2)[C@H](C)C(=O)NC(C)(C)C)c2ccc(C)cc2C)cc1. The molecule has 0 radical (unpaired) electrons. The number of carbonyl (C=O) groups is 2. The average Bonchev–Trinajstić information content (AvgIpc) is 2.85. The molecule has 3 rings (SSSR count). The van der Waals surface area contributed by atoms with Crippen molar-refractivity contribution in [3.05, 3.63) is 94.5 Å². The molecule has 1 atom stereocenters. The summed E-state index contributed by atoms with van der Waals surface area (Å²) in [6.45, 7) is 14.6. The predicted molar refractivity (Wildman–Crippen MR) is 161 cm³/mol. The minimum absolute atomic E-state index is 0.0923. The molecule has 0 aliphatic rings. The third kappa shape index (κ3) is 7.72. The molecule has 0 aliphatic heterocycles. The van der Waals surface area contributed by atoms with Gasteiger partial charge < -0.3 is 10.2 Å². The molecule has 214 valence electrons. The van der Waals surface area contributed by atoms with Crippen LogP contribution in [0, 0.1) is 27.7 Å². The Morgan fingerprint density at radius 1 is 0.850 bits per heavy atom. The Bertz CT molecular complexity index is 1470. The van der Waals surface area contributed by atoms with Crippen LogP contribution in [0.1, 0.15) is 55.5 Å². The lowest BCUT2D eigenvalue weighted by Crippen LogP contribution is -2.54. The highest BCUT2D eigenvalue weighted by Gasteiger charge is 2.33. The first-order valence-electron chi connectivity index (χ1n) is 13.4. The molecule has 0 bridgehead atoms. The zero-order chi connectivity index (χ0) is 29.8. The van der Waals surface area contributed by atoms with Crippen molar-refractivity contribution >= 4 is 27.5 Å². The van der Waals surface area contributed by atoms with Gasteiger partial charge in [0.05, 0.1) is 10.6 Å². The monoisotopic (exact) mass is 563 g/mol. The first kappa shape index (κ1) is 30.9. The molecule has 0 fully saturated rings. The number of amides is 2. The van der Waals surface area contributed by atoms with Crippen LogP contribution in [0.25, 0.3) is 0 Å². The number of benzene rings is 3. The van der Waals surface area contributed by atoms with Gasteiger partial charge in [-0.3, -0.25) is 13.9 Å². The fourth-order valence-corrected chi connectivity index (χ4v) is 5.98. The molecule has 0 aromatic heterocycles. The minimum atomic E-state index is -4.10. The van der Waals surface area contributed by atoms with Gasteiger partial charge in [-0.2, -0.15) is 0 Å². The first-order valence-corrected chi connectivity index (χ1v) is 14.9. The molecule has 0 spiro atoms. The molecule has 7 nitrogen and oxygen atoms in total. The van der Waals surface area contributed by atoms with Gasteiger partial charge in [-0.15, -0.1) is 0 Å². The molecule has 0 saturated carbocycles. The van der Waals surface area contributed by atoms with E-state index >= 15 is 0 Å². The number of hydrogen-bond acceptors (Lipinski definition) is 4. The lowest BCUT2D eigenvalue weighted by Gasteiger charge is -2.34. The van der Waals surface area contributed by atoms with Crippen LogP contribution in [0.15, 0.2) is 71.6 Å². The highest BCUT2D eigenvalue weighted by Crippen LogP contribution is 2.28. The maximum atomic E-state index is 14.1. The van der Waals surface area contributed by atoms with Crippen molar-refractivity contribution in [3.63, 3.8) is 0 Å². The van der Waals surface area contributed by atoms with Crippen LogP contribution < -0.4 is 9.62 Å². The van der Waals surface area contributed by atoms with E-state index < -0.39 is 34.1 Å². The Morgan fingerprint density at radius 3 is 2.02 bits per heavy atom. The van der Waals surface area contributed by atoms with Crippen molar-refractivity contribution in [2.45, 2.75) is 78.4 Å². The van der Waals surface area contributed by atoms with Crippen LogP contribution in [-0.2, 0) is 26.2 Å². The second kappa shape index (κ2) is 12.3. The number of aryl methyl sites for hydroxylation is 4. The summed E-state index contributed by atoms with van der Waals surface area (Å²) in [6, 6.07) is 18.9. The maximum Gasteiger partial charge on any atom is 0.264 e. The molecule has 0 saturated heterocycles. The van der Waals surface area contributed by atoms with Crippen molar-refractivity contribution in [3.8, 4) is 0 Å². The van der Waals surface area contributed by atoms with Crippen LogP contribution in [0.4, 0.5) is 5.69 Å². The van der Waals surface area contributed by atoms with E-state index in [1.165, 1.54) is 4.90 Å². The van der Waals surface area contributed by atoms with Crippen LogP contribution in [0.2, 0.25) is 0 Å². The lowest BCUT2D eigenvalue weighted by molar-refractivity contribution is -0.140. The molecule has 40 heavy (non-hydrogen) atoms. The smallest absolute Gasteiger partial charge is 0.264 e. The lowest BCUT2D eigenvalue weighted by atomic mass is 10.1. The predicted octanol–water partition coefficient (Wildman–Crippen LogP) is 5.45. The van der Waals surface area contributed by atoms with Gasteiger partial charge in [-0.1, -0.05) is 65.2 Å². The second-order valence-electron chi connectivity index (χ2n) is 11.5. The summed E-state index contributed by atoms with van der Waals surface area (Å²) < 4.78 is 29.2. The summed E-state index contributed by atoms with van der Waals surface area (Å²) in [5.41, 5.74) is 4.43. The summed E-state index contributed by atoms with van der Waals surface area (Å²) in [5, 5.41) is 2.95. The largest absolute Gasteiger partial charge is 0.350 e. The number of carbonyl (C=O) groups excluding carboxylic acids is 2. The minimum Gasteiger partial charge on any atom is -0.350 e. The number of rotatable bonds is 9. The standard InChI is InChI=1S/C32H41N3O4S/c1-22-12-15-28(16-13-22)40(38,39)35(29-17-14-24(3)18-25(29)4)21-30(36)34(20-27-11-9-10-23(2)19-27)26(5)31(37)33-32(6,7)8/h9-19,26H,20-21H2,1-8H3,(H,33,37)/t26-/m1/s1. The van der Waals surface area contributed by atoms with Crippen LogP contribution in [0.3, 0.4) is 0 Å². The topological polar surface area (TPSA) is 86.8 Å². The van der Waals surface area contributed by atoms with Gasteiger partial charge in [0.2, 0.25) is 11.8 Å². The van der Waals surface area contributed by atoms with Gasteiger partial charge in [0.1, 0.15) is 12.6 Å². The molecular weight excluding hydrogens is 522 g/mol. The zero-order valence-electron chi connectivity index (χ0n) is 24.8. The molecule has 0 heterocycles. The fourth-order valence-electron chi connectivity index (χ4n) is 4.50. The third-order valence-corrected chi connectivity index (χ3v) is 8.38. The molecular formula is C32H41N3O4S. The van der Waals surface area contributed by atoms with E-state index in [1.807, 2.05) is 84.9 Å². The number of nitrogens with one attached hydrogen (secondary N) is 1. The Balaban J connectivity index is 2.08. The van der Waals surface area contributed by atoms with E-state index in [0.29, 0.717) is 5.69 Å². The molecule has 2 amide bonds. The summed E-state index contributed by atoms with van der Waals surface area (Å²) >= 11 is 0. The van der Waals surface area contributed by atoms with Crippen LogP contribution in [0.5, 0.6) is 0 Å². The Labute approximate surface area is 239 Å². The number of nitrogens with zero attached hydrogens (tertiary/aromatic N) is 2. The summed E-state index contributed by atoms with van der Waals surface area (Å²) in [6.07, 6.45) is 0. The average molecular weight is 564 g/mol. The Kier molecular flexibility index (Phi) is 9.46. The first-order chi connectivity index (χ1) is 18.6. The highest BCUT2D eigenvalue weighted by molar-refractivity contribution is 7.92. The van der Waals surface area contributed by atoms with Gasteiger partial charge in [-0.05, 0) is 84.7 Å². The van der Waals surface area contributed by atoms with E-state index in [9.17, 15) is 18.0 Å². The van der Waals surface area contributed by atoms with Crippen molar-refractivity contribution in [1.82, 2.24) is 10.2 Å². The maximum absolute atomic E-state index is 14.1. The Hall–Kier alpha value is -3.65. The summed E-state index contributed by atoms with van der Waals surface area (Å²) in [5.74, 6) is -0.790. The molecule has 0 unspecified atom stereocenters. The van der Waals surface area contributed by atoms with Gasteiger partial charge in [0.15, 0.2) is 0 Å². The van der Waals surface area contributed by atoms with E-state index in [-0.39, 0.29) is 17.3 Å². The molecule has 0 aliphatic carbocycles. The molecule has 3 aromatic rings. The number of hydrogen-bond donors (Lipinski definition) is 1. The number of anilines is 1. The van der Waals surface area contributed by atoms with Crippen molar-refractivity contribution < 1.29 is 18.0 Å². The quantitative estimate of drug-likeness (QED) is 0.375. The second-order valence-corrected chi connectivity index (χ2v) is 13.4. The van der Waals surface area contributed by atoms with E-state index in [1.54, 1.807) is 37.3 Å². The van der Waals surface area contributed by atoms with Crippen molar-refractivity contribution in [2.75, 3.05) is 10.8 Å². The van der Waals surface area contributed by atoms with Gasteiger partial charge in [0.25, 0.3) is 10.0 Å². The Morgan fingerprint density at radius 2 is 1.45 bits per heavy atom. The highest BCUT2D eigenvalue weighted by atomic mass is 32.2. The van der Waals surface area contributed by atoms with E-state index in [4.69, 9.17) is 0 Å². The van der Waals surface area contributed by atoms with E-state index in [2.05, 4.69) is 5.32 Å². The summed E-state index contributed by atoms with van der Waals surface area (Å²) in [7, 11) is -4.10. The molecule has 1 N–H and O–H groups in total. The molecule has 3 aromatic carbocycles. The normalized spacial score (nSPS) is 12.5. The van der Waals surface area contributed by atoms with Crippen LogP contribution >= 0.6 is 0 Å². The van der Waals surface area contributed by atoms with Gasteiger partial charge in [0, 0.05) is 12.1 Å². The fraction of sp³-hybridized carbons (Fsp3) is 0.375. The number of sulfonamides is 1. The zero-order valence-corrected chi connectivity index (χ0v) is 25.6. The van der Waals surface area contributed by atoms with Gasteiger partial charge >= 0.3 is 0 Å².